The molecule has 2 aromatic heterocycles. The van der Waals surface area contributed by atoms with E-state index in [1.54, 1.807) is 34.0 Å². The van der Waals surface area contributed by atoms with Crippen LogP contribution >= 0.6 is 0 Å². The molecule has 4 aromatic rings. The van der Waals surface area contributed by atoms with Crippen molar-refractivity contribution in [1.82, 2.24) is 24.6 Å². The molecule has 0 aliphatic carbocycles. The summed E-state index contributed by atoms with van der Waals surface area (Å²) in [4.78, 5) is 21.3. The van der Waals surface area contributed by atoms with Crippen LogP contribution in [0.4, 0.5) is 13.2 Å². The van der Waals surface area contributed by atoms with Crippen LogP contribution in [0.15, 0.2) is 54.7 Å². The zero-order chi connectivity index (χ0) is 24.5. The molecule has 35 heavy (non-hydrogen) atoms. The molecule has 2 aromatic carbocycles. The number of pyridine rings is 1. The third kappa shape index (κ3) is 4.64. The van der Waals surface area contributed by atoms with Crippen molar-refractivity contribution in [3.63, 3.8) is 0 Å². The lowest BCUT2D eigenvalue weighted by atomic mass is 10.0. The van der Waals surface area contributed by atoms with Gasteiger partial charge in [0, 0.05) is 49.9 Å². The first-order chi connectivity index (χ1) is 16.9. The summed E-state index contributed by atoms with van der Waals surface area (Å²) in [6, 6.07) is 12.3. The van der Waals surface area contributed by atoms with Gasteiger partial charge in [-0.05, 0) is 42.3 Å². The molecule has 1 fully saturated rings. The predicted octanol–water partition coefficient (Wildman–Crippen LogP) is 4.17. The largest absolute Gasteiger partial charge is 0.339 e. The third-order valence-corrected chi connectivity index (χ3v) is 6.40. The number of hydrogen-bond acceptors (Lipinski definition) is 4. The number of rotatable bonds is 5. The van der Waals surface area contributed by atoms with E-state index in [0.29, 0.717) is 43.9 Å². The van der Waals surface area contributed by atoms with Gasteiger partial charge in [-0.3, -0.25) is 9.69 Å². The van der Waals surface area contributed by atoms with Gasteiger partial charge >= 0.3 is 0 Å². The summed E-state index contributed by atoms with van der Waals surface area (Å²) >= 11 is 0. The maximum absolute atomic E-state index is 14.0. The van der Waals surface area contributed by atoms with Gasteiger partial charge in [0.25, 0.3) is 0 Å². The molecule has 9 heteroatoms. The molecular weight excluding hydrogens is 455 g/mol. The number of amides is 1. The van der Waals surface area contributed by atoms with Crippen LogP contribution < -0.4 is 0 Å². The molecule has 0 N–H and O–H groups in total. The fraction of sp³-hybridized carbons (Fsp3) is 0.269. The molecule has 0 saturated carbocycles. The van der Waals surface area contributed by atoms with Crippen LogP contribution in [0, 0.1) is 24.4 Å². The molecule has 0 atom stereocenters. The van der Waals surface area contributed by atoms with E-state index in [1.807, 2.05) is 17.9 Å². The second-order valence-electron chi connectivity index (χ2n) is 8.68. The number of carbonyl (C=O) groups excluding carboxylic acids is 1. The highest BCUT2D eigenvalue weighted by atomic mass is 19.2. The number of piperazine rings is 1. The average molecular weight is 480 g/mol. The Labute approximate surface area is 200 Å². The van der Waals surface area contributed by atoms with Crippen molar-refractivity contribution >= 4 is 16.9 Å². The Morgan fingerprint density at radius 2 is 1.71 bits per heavy atom. The average Bonchev–Trinajstić information content (AvgIpc) is 3.18. The first kappa shape index (κ1) is 23.0. The van der Waals surface area contributed by atoms with Gasteiger partial charge in [-0.1, -0.05) is 24.3 Å². The normalized spacial score (nSPS) is 14.6. The van der Waals surface area contributed by atoms with Gasteiger partial charge in [-0.2, -0.15) is 5.10 Å². The standard InChI is InChI=1S/C26H24F3N5O/c1-17-24-21(18-5-7-20(27)8-6-18)9-10-30-26(24)34(31-17)16-23(35)33-13-11-32(12-14-33)15-19-3-2-4-22(28)25(19)29/h2-10H,11-16H2,1H3. The summed E-state index contributed by atoms with van der Waals surface area (Å²) in [6.45, 7) is 4.31. The fourth-order valence-electron chi connectivity index (χ4n) is 4.56. The summed E-state index contributed by atoms with van der Waals surface area (Å²) < 4.78 is 42.5. The molecule has 1 amide bonds. The summed E-state index contributed by atoms with van der Waals surface area (Å²) in [5.74, 6) is -2.06. The lowest BCUT2D eigenvalue weighted by molar-refractivity contribution is -0.133. The molecule has 180 valence electrons. The third-order valence-electron chi connectivity index (χ3n) is 6.40. The molecule has 0 radical (unpaired) electrons. The number of hydrogen-bond donors (Lipinski definition) is 0. The lowest BCUT2D eigenvalue weighted by Gasteiger charge is -2.34. The van der Waals surface area contributed by atoms with Gasteiger partial charge < -0.3 is 4.90 Å². The van der Waals surface area contributed by atoms with Gasteiger partial charge in [0.1, 0.15) is 12.4 Å². The molecule has 0 spiro atoms. The van der Waals surface area contributed by atoms with Crippen LogP contribution in [0.1, 0.15) is 11.3 Å². The smallest absolute Gasteiger partial charge is 0.244 e. The Hall–Kier alpha value is -3.72. The van der Waals surface area contributed by atoms with Crippen LogP contribution in [0.5, 0.6) is 0 Å². The first-order valence-electron chi connectivity index (χ1n) is 11.4. The minimum atomic E-state index is -0.853. The van der Waals surface area contributed by atoms with Crippen molar-refractivity contribution in [2.45, 2.75) is 20.0 Å². The fourth-order valence-corrected chi connectivity index (χ4v) is 4.56. The number of aromatic nitrogens is 3. The topological polar surface area (TPSA) is 54.3 Å². The van der Waals surface area contributed by atoms with Crippen molar-refractivity contribution in [2.75, 3.05) is 26.2 Å². The van der Waals surface area contributed by atoms with E-state index in [0.717, 1.165) is 28.3 Å². The second-order valence-corrected chi connectivity index (χ2v) is 8.68. The van der Waals surface area contributed by atoms with Gasteiger partial charge in [0.15, 0.2) is 17.3 Å². The summed E-state index contributed by atoms with van der Waals surface area (Å²) in [5.41, 5.74) is 3.37. The molecule has 1 aliphatic heterocycles. The second kappa shape index (κ2) is 9.50. The maximum atomic E-state index is 14.0. The minimum Gasteiger partial charge on any atom is -0.339 e. The number of aryl methyl sites for hydroxylation is 1. The Kier molecular flexibility index (Phi) is 6.25. The van der Waals surface area contributed by atoms with Crippen LogP contribution in [-0.4, -0.2) is 56.7 Å². The minimum absolute atomic E-state index is 0.0444. The Morgan fingerprint density at radius 1 is 0.971 bits per heavy atom. The number of nitrogens with zero attached hydrogens (tertiary/aromatic N) is 5. The molecule has 0 unspecified atom stereocenters. The predicted molar refractivity (Wildman–Crippen MR) is 126 cm³/mol. The van der Waals surface area contributed by atoms with Crippen LogP contribution in [0.25, 0.3) is 22.2 Å². The maximum Gasteiger partial charge on any atom is 0.244 e. The molecule has 1 aliphatic rings. The van der Waals surface area contributed by atoms with Gasteiger partial charge in [-0.15, -0.1) is 0 Å². The van der Waals surface area contributed by atoms with Gasteiger partial charge in [0.2, 0.25) is 5.91 Å². The van der Waals surface area contributed by atoms with Crippen molar-refractivity contribution in [3.05, 3.63) is 83.4 Å². The van der Waals surface area contributed by atoms with E-state index in [4.69, 9.17) is 0 Å². The number of halogens is 3. The molecule has 1 saturated heterocycles. The molecule has 3 heterocycles. The Bertz CT molecular complexity index is 1380. The van der Waals surface area contributed by atoms with E-state index < -0.39 is 11.6 Å². The Morgan fingerprint density at radius 3 is 2.46 bits per heavy atom. The Balaban J connectivity index is 1.28. The van der Waals surface area contributed by atoms with Crippen molar-refractivity contribution < 1.29 is 18.0 Å². The van der Waals surface area contributed by atoms with Crippen LogP contribution in [0.2, 0.25) is 0 Å². The van der Waals surface area contributed by atoms with Gasteiger partial charge in [-0.25, -0.2) is 22.8 Å². The van der Waals surface area contributed by atoms with Crippen LogP contribution in [-0.2, 0) is 17.9 Å². The summed E-state index contributed by atoms with van der Waals surface area (Å²) in [5, 5.41) is 5.39. The molecule has 6 nitrogen and oxygen atoms in total. The van der Waals surface area contributed by atoms with Crippen molar-refractivity contribution in [3.8, 4) is 11.1 Å². The highest BCUT2D eigenvalue weighted by Crippen LogP contribution is 2.30. The first-order valence-corrected chi connectivity index (χ1v) is 11.4. The molecule has 0 bridgehead atoms. The van der Waals surface area contributed by atoms with E-state index in [-0.39, 0.29) is 18.3 Å². The summed E-state index contributed by atoms with van der Waals surface area (Å²) in [6.07, 6.45) is 1.66. The quantitative estimate of drug-likeness (QED) is 0.431. The zero-order valence-electron chi connectivity index (χ0n) is 19.2. The summed E-state index contributed by atoms with van der Waals surface area (Å²) in [7, 11) is 0. The number of benzene rings is 2. The zero-order valence-corrected chi connectivity index (χ0v) is 19.2. The molecular formula is C26H24F3N5O. The SMILES string of the molecule is Cc1nn(CC(=O)N2CCN(Cc3cccc(F)c3F)CC2)c2nccc(-c3ccc(F)cc3)c12. The van der Waals surface area contributed by atoms with Crippen molar-refractivity contribution in [2.24, 2.45) is 0 Å². The molecule has 5 rings (SSSR count). The number of fused-ring (bicyclic) bond motifs is 1. The highest BCUT2D eigenvalue weighted by Gasteiger charge is 2.24. The monoisotopic (exact) mass is 479 g/mol. The van der Waals surface area contributed by atoms with Gasteiger partial charge in [0.05, 0.1) is 5.69 Å². The van der Waals surface area contributed by atoms with Crippen LogP contribution in [0.3, 0.4) is 0 Å². The van der Waals surface area contributed by atoms with E-state index in [2.05, 4.69) is 10.1 Å². The van der Waals surface area contributed by atoms with E-state index >= 15 is 0 Å². The number of carbonyl (C=O) groups is 1. The lowest BCUT2D eigenvalue weighted by Crippen LogP contribution is -2.49. The van der Waals surface area contributed by atoms with E-state index in [1.165, 1.54) is 18.2 Å². The van der Waals surface area contributed by atoms with Crippen molar-refractivity contribution in [1.29, 1.82) is 0 Å². The van der Waals surface area contributed by atoms with E-state index in [9.17, 15) is 18.0 Å². The highest BCUT2D eigenvalue weighted by molar-refractivity contribution is 5.95.